The van der Waals surface area contributed by atoms with Crippen molar-refractivity contribution in [1.82, 2.24) is 5.32 Å². The van der Waals surface area contributed by atoms with E-state index in [0.29, 0.717) is 18.5 Å². The topological polar surface area (TPSA) is 78.9 Å². The van der Waals surface area contributed by atoms with E-state index in [1.165, 1.54) is 0 Å². The van der Waals surface area contributed by atoms with E-state index in [9.17, 15) is 14.7 Å². The predicted octanol–water partition coefficient (Wildman–Crippen LogP) is 2.73. The zero-order valence-electron chi connectivity index (χ0n) is 15.6. The number of ether oxygens (including phenoxy) is 1. The van der Waals surface area contributed by atoms with Crippen molar-refractivity contribution in [2.45, 2.75) is 52.7 Å². The van der Waals surface area contributed by atoms with E-state index in [0.717, 1.165) is 11.3 Å². The molecule has 0 radical (unpaired) electrons. The van der Waals surface area contributed by atoms with Gasteiger partial charge in [0.25, 0.3) is 5.91 Å². The normalized spacial score (nSPS) is 15.1. The number of rotatable bonds is 4. The van der Waals surface area contributed by atoms with Gasteiger partial charge in [-0.05, 0) is 56.9 Å². The van der Waals surface area contributed by atoms with Crippen LogP contribution < -0.4 is 10.2 Å². The first kappa shape index (κ1) is 19.2. The van der Waals surface area contributed by atoms with E-state index < -0.39 is 11.7 Å². The third-order valence-electron chi connectivity index (χ3n) is 4.09. The summed E-state index contributed by atoms with van der Waals surface area (Å²) in [5.74, 6) is -0.138. The number of aliphatic hydroxyl groups excluding tert-OH is 1. The number of amides is 2. The van der Waals surface area contributed by atoms with Crippen LogP contribution in [0, 0.1) is 5.92 Å². The molecule has 25 heavy (non-hydrogen) atoms. The Morgan fingerprint density at radius 1 is 1.32 bits per heavy atom. The lowest BCUT2D eigenvalue weighted by molar-refractivity contribution is 0.0584. The molecule has 2 amide bonds. The molecule has 0 aliphatic carbocycles. The molecule has 1 atom stereocenters. The summed E-state index contributed by atoms with van der Waals surface area (Å²) in [4.78, 5) is 26.1. The Labute approximate surface area is 149 Å². The van der Waals surface area contributed by atoms with Crippen LogP contribution in [0.1, 0.15) is 50.5 Å². The second kappa shape index (κ2) is 7.44. The first-order valence-electron chi connectivity index (χ1n) is 8.68. The Morgan fingerprint density at radius 3 is 2.60 bits per heavy atom. The number of benzene rings is 1. The smallest absolute Gasteiger partial charge is 0.414 e. The molecule has 0 aromatic heterocycles. The fourth-order valence-corrected chi connectivity index (χ4v) is 2.58. The second-order valence-electron chi connectivity index (χ2n) is 7.75. The van der Waals surface area contributed by atoms with Crippen LogP contribution in [-0.4, -0.2) is 41.9 Å². The lowest BCUT2D eigenvalue weighted by Gasteiger charge is -2.24. The standard InChI is InChI=1S/C19H28N2O4/c1-12(2)16(22)11-20-17(23)14-6-7-15-13(10-14)8-9-21(15)18(24)25-19(3,4)5/h6-7,10,12,16,22H,8-9,11H2,1-5H3,(H,20,23). The largest absolute Gasteiger partial charge is 0.443 e. The Hall–Kier alpha value is -2.08. The van der Waals surface area contributed by atoms with Crippen LogP contribution in [0.5, 0.6) is 0 Å². The highest BCUT2D eigenvalue weighted by Gasteiger charge is 2.29. The molecule has 1 aromatic carbocycles. The minimum Gasteiger partial charge on any atom is -0.443 e. The molecule has 1 aliphatic rings. The summed E-state index contributed by atoms with van der Waals surface area (Å²) in [6, 6.07) is 5.27. The molecule has 6 heteroatoms. The molecule has 1 unspecified atom stereocenters. The zero-order chi connectivity index (χ0) is 18.8. The quantitative estimate of drug-likeness (QED) is 0.877. The van der Waals surface area contributed by atoms with Gasteiger partial charge in [-0.2, -0.15) is 0 Å². The van der Waals surface area contributed by atoms with Gasteiger partial charge in [-0.1, -0.05) is 13.8 Å². The molecule has 0 saturated carbocycles. The number of carbonyl (C=O) groups excluding carboxylic acids is 2. The number of hydrogen-bond acceptors (Lipinski definition) is 4. The highest BCUT2D eigenvalue weighted by molar-refractivity contribution is 5.96. The minimum atomic E-state index is -0.568. The van der Waals surface area contributed by atoms with Crippen molar-refractivity contribution < 1.29 is 19.4 Å². The number of aliphatic hydroxyl groups is 1. The lowest BCUT2D eigenvalue weighted by Crippen LogP contribution is -2.35. The molecule has 2 N–H and O–H groups in total. The number of nitrogens with zero attached hydrogens (tertiary/aromatic N) is 1. The van der Waals surface area contributed by atoms with E-state index in [2.05, 4.69) is 5.32 Å². The second-order valence-corrected chi connectivity index (χ2v) is 7.75. The average Bonchev–Trinajstić information content (AvgIpc) is 2.93. The van der Waals surface area contributed by atoms with Crippen LogP contribution in [0.3, 0.4) is 0 Å². The molecule has 2 rings (SSSR count). The van der Waals surface area contributed by atoms with E-state index in [1.54, 1.807) is 23.1 Å². The third kappa shape index (κ3) is 4.95. The van der Waals surface area contributed by atoms with Gasteiger partial charge in [-0.3, -0.25) is 9.69 Å². The summed E-state index contributed by atoms with van der Waals surface area (Å²) < 4.78 is 5.42. The molecule has 1 heterocycles. The molecule has 6 nitrogen and oxygen atoms in total. The van der Waals surface area contributed by atoms with Gasteiger partial charge in [0, 0.05) is 18.7 Å². The molecule has 1 aromatic rings. The number of hydrogen-bond donors (Lipinski definition) is 2. The van der Waals surface area contributed by atoms with Crippen LogP contribution in [0.15, 0.2) is 18.2 Å². The number of anilines is 1. The SMILES string of the molecule is CC(C)C(O)CNC(=O)c1ccc2c(c1)CCN2C(=O)OC(C)(C)C. The third-order valence-corrected chi connectivity index (χ3v) is 4.09. The molecule has 138 valence electrons. The van der Waals surface area contributed by atoms with E-state index in [1.807, 2.05) is 34.6 Å². The molecule has 1 aliphatic heterocycles. The number of fused-ring (bicyclic) bond motifs is 1. The van der Waals surface area contributed by atoms with Gasteiger partial charge in [-0.25, -0.2) is 4.79 Å². The first-order valence-corrected chi connectivity index (χ1v) is 8.68. The van der Waals surface area contributed by atoms with Gasteiger partial charge in [0.15, 0.2) is 0 Å². The molecule has 0 fully saturated rings. The van der Waals surface area contributed by atoms with Crippen LogP contribution in [0.2, 0.25) is 0 Å². The highest BCUT2D eigenvalue weighted by Crippen LogP contribution is 2.30. The van der Waals surface area contributed by atoms with Gasteiger partial charge in [0.2, 0.25) is 0 Å². The van der Waals surface area contributed by atoms with Crippen molar-refractivity contribution in [1.29, 1.82) is 0 Å². The Bertz CT molecular complexity index is 649. The fourth-order valence-electron chi connectivity index (χ4n) is 2.58. The van der Waals surface area contributed by atoms with Crippen molar-refractivity contribution in [2.24, 2.45) is 5.92 Å². The maximum atomic E-state index is 12.3. The molecular formula is C19H28N2O4. The minimum absolute atomic E-state index is 0.0858. The Balaban J connectivity index is 2.06. The molecule has 0 bridgehead atoms. The van der Waals surface area contributed by atoms with Crippen molar-refractivity contribution in [3.05, 3.63) is 29.3 Å². The maximum Gasteiger partial charge on any atom is 0.414 e. The molecule has 0 spiro atoms. The number of nitrogens with one attached hydrogen (secondary N) is 1. The van der Waals surface area contributed by atoms with E-state index >= 15 is 0 Å². The van der Waals surface area contributed by atoms with Crippen molar-refractivity contribution >= 4 is 17.7 Å². The van der Waals surface area contributed by atoms with E-state index in [-0.39, 0.29) is 24.5 Å². The van der Waals surface area contributed by atoms with Gasteiger partial charge in [0.05, 0.1) is 11.8 Å². The van der Waals surface area contributed by atoms with Gasteiger partial charge >= 0.3 is 6.09 Å². The first-order chi connectivity index (χ1) is 11.6. The number of carbonyl (C=O) groups is 2. The van der Waals surface area contributed by atoms with Crippen LogP contribution >= 0.6 is 0 Å². The highest BCUT2D eigenvalue weighted by atomic mass is 16.6. The van der Waals surface area contributed by atoms with E-state index in [4.69, 9.17) is 4.74 Å². The maximum absolute atomic E-state index is 12.3. The van der Waals surface area contributed by atoms with Crippen molar-refractivity contribution in [3.8, 4) is 0 Å². The van der Waals surface area contributed by atoms with Crippen molar-refractivity contribution in [2.75, 3.05) is 18.0 Å². The summed E-state index contributed by atoms with van der Waals surface area (Å²) in [7, 11) is 0. The summed E-state index contributed by atoms with van der Waals surface area (Å²) in [6.07, 6.45) is -0.255. The van der Waals surface area contributed by atoms with Crippen molar-refractivity contribution in [3.63, 3.8) is 0 Å². The Morgan fingerprint density at radius 2 is 2.00 bits per heavy atom. The van der Waals surface area contributed by atoms with Gasteiger partial charge in [-0.15, -0.1) is 0 Å². The summed E-state index contributed by atoms with van der Waals surface area (Å²) >= 11 is 0. The summed E-state index contributed by atoms with van der Waals surface area (Å²) in [5.41, 5.74) is 1.72. The summed E-state index contributed by atoms with van der Waals surface area (Å²) in [5, 5.41) is 12.5. The summed E-state index contributed by atoms with van der Waals surface area (Å²) in [6.45, 7) is 10.1. The average molecular weight is 348 g/mol. The van der Waals surface area contributed by atoms with Gasteiger partial charge < -0.3 is 15.2 Å². The van der Waals surface area contributed by atoms with Crippen LogP contribution in [0.25, 0.3) is 0 Å². The van der Waals surface area contributed by atoms with Crippen LogP contribution in [-0.2, 0) is 11.2 Å². The Kier molecular flexibility index (Phi) is 5.72. The zero-order valence-corrected chi connectivity index (χ0v) is 15.6. The molecule has 0 saturated heterocycles. The van der Waals surface area contributed by atoms with Gasteiger partial charge in [0.1, 0.15) is 5.60 Å². The van der Waals surface area contributed by atoms with Crippen LogP contribution in [0.4, 0.5) is 10.5 Å². The fraction of sp³-hybridized carbons (Fsp3) is 0.579. The monoisotopic (exact) mass is 348 g/mol. The predicted molar refractivity (Wildman–Crippen MR) is 96.9 cm³/mol. The molecular weight excluding hydrogens is 320 g/mol. The lowest BCUT2D eigenvalue weighted by atomic mass is 10.1.